The van der Waals surface area contributed by atoms with Gasteiger partial charge in [0.1, 0.15) is 6.33 Å². The lowest BCUT2D eigenvalue weighted by atomic mass is 9.80. The van der Waals surface area contributed by atoms with E-state index in [0.717, 1.165) is 5.82 Å². The van der Waals surface area contributed by atoms with E-state index in [9.17, 15) is 9.90 Å². The molecule has 7 nitrogen and oxygen atoms in total. The summed E-state index contributed by atoms with van der Waals surface area (Å²) >= 11 is 0. The van der Waals surface area contributed by atoms with Gasteiger partial charge >= 0.3 is 5.97 Å². The summed E-state index contributed by atoms with van der Waals surface area (Å²) in [4.78, 5) is 17.7. The quantitative estimate of drug-likeness (QED) is 0.861. The minimum atomic E-state index is -0.721. The molecular formula is C12H15N5O2. The summed E-state index contributed by atoms with van der Waals surface area (Å²) in [6, 6.07) is 0. The van der Waals surface area contributed by atoms with Crippen molar-refractivity contribution in [3.63, 3.8) is 0 Å². The number of nitrogens with zero attached hydrogens (tertiary/aromatic N) is 5. The largest absolute Gasteiger partial charge is 0.481 e. The van der Waals surface area contributed by atoms with Crippen molar-refractivity contribution in [2.45, 2.75) is 19.8 Å². The standard InChI is InChI=1S/C12H15N5O2/c1-12(11(18)19)2-5-16(6-3-12)9-10-15-14-8-17(10)7-4-13-9/h4,7-8H,2-3,5-6H2,1H3,(H,18,19). The molecule has 0 amide bonds. The number of carbonyl (C=O) groups is 1. The normalized spacial score (nSPS) is 18.7. The highest BCUT2D eigenvalue weighted by Crippen LogP contribution is 2.33. The summed E-state index contributed by atoms with van der Waals surface area (Å²) in [5, 5.41) is 17.2. The Labute approximate surface area is 109 Å². The van der Waals surface area contributed by atoms with Crippen LogP contribution in [0.25, 0.3) is 5.65 Å². The Morgan fingerprint density at radius 2 is 2.16 bits per heavy atom. The third kappa shape index (κ3) is 1.91. The average molecular weight is 261 g/mol. The average Bonchev–Trinajstić information content (AvgIpc) is 2.87. The third-order valence-electron chi connectivity index (χ3n) is 3.88. The Morgan fingerprint density at radius 1 is 1.42 bits per heavy atom. The first-order chi connectivity index (χ1) is 9.10. The second-order valence-electron chi connectivity index (χ2n) is 5.17. The van der Waals surface area contributed by atoms with Crippen LogP contribution >= 0.6 is 0 Å². The van der Waals surface area contributed by atoms with Gasteiger partial charge in [0.2, 0.25) is 5.65 Å². The van der Waals surface area contributed by atoms with Gasteiger partial charge in [-0.15, -0.1) is 10.2 Å². The smallest absolute Gasteiger partial charge is 0.309 e. The minimum absolute atomic E-state index is 0.610. The topological polar surface area (TPSA) is 83.6 Å². The van der Waals surface area contributed by atoms with Gasteiger partial charge in [-0.3, -0.25) is 9.20 Å². The Hall–Kier alpha value is -2.18. The molecule has 7 heteroatoms. The van der Waals surface area contributed by atoms with Crippen molar-refractivity contribution in [1.82, 2.24) is 19.6 Å². The molecule has 0 saturated carbocycles. The predicted molar refractivity (Wildman–Crippen MR) is 68.0 cm³/mol. The van der Waals surface area contributed by atoms with E-state index in [1.165, 1.54) is 0 Å². The summed E-state index contributed by atoms with van der Waals surface area (Å²) in [7, 11) is 0. The molecule has 0 aromatic carbocycles. The van der Waals surface area contributed by atoms with E-state index >= 15 is 0 Å². The molecule has 1 aliphatic rings. The molecule has 1 N–H and O–H groups in total. The van der Waals surface area contributed by atoms with Crippen molar-refractivity contribution >= 4 is 17.4 Å². The molecule has 1 saturated heterocycles. The molecule has 2 aromatic heterocycles. The number of carboxylic acid groups (broad SMARTS) is 1. The molecule has 100 valence electrons. The van der Waals surface area contributed by atoms with Crippen molar-refractivity contribution < 1.29 is 9.90 Å². The second-order valence-corrected chi connectivity index (χ2v) is 5.17. The lowest BCUT2D eigenvalue weighted by Gasteiger charge is -2.36. The first kappa shape index (κ1) is 11.9. The molecule has 0 unspecified atom stereocenters. The SMILES string of the molecule is CC1(C(=O)O)CCN(c2nccn3cnnc23)CC1. The number of aromatic nitrogens is 4. The van der Waals surface area contributed by atoms with E-state index in [-0.39, 0.29) is 0 Å². The van der Waals surface area contributed by atoms with Gasteiger partial charge < -0.3 is 10.0 Å². The van der Waals surface area contributed by atoms with E-state index in [2.05, 4.69) is 20.1 Å². The molecule has 0 aliphatic carbocycles. The van der Waals surface area contributed by atoms with Gasteiger partial charge in [-0.25, -0.2) is 4.98 Å². The number of carboxylic acids is 1. The molecule has 1 aliphatic heterocycles. The van der Waals surface area contributed by atoms with Crippen molar-refractivity contribution in [3.8, 4) is 0 Å². The van der Waals surface area contributed by atoms with E-state index in [4.69, 9.17) is 0 Å². The predicted octanol–water partition coefficient (Wildman–Crippen LogP) is 0.815. The number of anilines is 1. The zero-order chi connectivity index (χ0) is 13.5. The number of aliphatic carboxylic acids is 1. The number of piperidine rings is 1. The third-order valence-corrected chi connectivity index (χ3v) is 3.88. The Bertz CT molecular complexity index is 615. The fourth-order valence-electron chi connectivity index (χ4n) is 2.39. The zero-order valence-corrected chi connectivity index (χ0v) is 10.7. The monoisotopic (exact) mass is 261 g/mol. The van der Waals surface area contributed by atoms with Crippen molar-refractivity contribution in [1.29, 1.82) is 0 Å². The molecule has 0 atom stereocenters. The summed E-state index contributed by atoms with van der Waals surface area (Å²) in [6.45, 7) is 3.14. The fraction of sp³-hybridized carbons (Fsp3) is 0.500. The first-order valence-corrected chi connectivity index (χ1v) is 6.23. The molecule has 19 heavy (non-hydrogen) atoms. The van der Waals surface area contributed by atoms with Crippen LogP contribution in [0.15, 0.2) is 18.7 Å². The van der Waals surface area contributed by atoms with Crippen molar-refractivity contribution in [2.24, 2.45) is 5.41 Å². The molecule has 2 aromatic rings. The summed E-state index contributed by atoms with van der Waals surface area (Å²) in [6.07, 6.45) is 6.35. The van der Waals surface area contributed by atoms with Crippen LogP contribution in [-0.2, 0) is 4.79 Å². The van der Waals surface area contributed by atoms with E-state index in [0.29, 0.717) is 31.6 Å². The lowest BCUT2D eigenvalue weighted by molar-refractivity contribution is -0.149. The molecule has 3 heterocycles. The fourth-order valence-corrected chi connectivity index (χ4v) is 2.39. The number of fused-ring (bicyclic) bond motifs is 1. The van der Waals surface area contributed by atoms with E-state index in [1.807, 2.05) is 4.40 Å². The molecular weight excluding hydrogens is 246 g/mol. The van der Waals surface area contributed by atoms with Crippen LogP contribution in [0.4, 0.5) is 5.82 Å². The highest BCUT2D eigenvalue weighted by atomic mass is 16.4. The highest BCUT2D eigenvalue weighted by Gasteiger charge is 2.37. The van der Waals surface area contributed by atoms with Crippen LogP contribution < -0.4 is 4.90 Å². The molecule has 0 bridgehead atoms. The van der Waals surface area contributed by atoms with Gasteiger partial charge in [0.05, 0.1) is 5.41 Å². The molecule has 1 fully saturated rings. The van der Waals surface area contributed by atoms with Gasteiger partial charge in [0, 0.05) is 25.5 Å². The summed E-state index contributed by atoms with van der Waals surface area (Å²) in [5.41, 5.74) is 0.0799. The van der Waals surface area contributed by atoms with E-state index < -0.39 is 11.4 Å². The van der Waals surface area contributed by atoms with Gasteiger partial charge in [0.15, 0.2) is 5.82 Å². The maximum atomic E-state index is 11.2. The maximum Gasteiger partial charge on any atom is 0.309 e. The van der Waals surface area contributed by atoms with Crippen LogP contribution in [0.2, 0.25) is 0 Å². The maximum absolute atomic E-state index is 11.2. The van der Waals surface area contributed by atoms with Crippen molar-refractivity contribution in [2.75, 3.05) is 18.0 Å². The number of hydrogen-bond acceptors (Lipinski definition) is 5. The Morgan fingerprint density at radius 3 is 2.84 bits per heavy atom. The highest BCUT2D eigenvalue weighted by molar-refractivity contribution is 5.75. The molecule has 0 spiro atoms. The zero-order valence-electron chi connectivity index (χ0n) is 10.7. The van der Waals surface area contributed by atoms with Crippen LogP contribution in [0, 0.1) is 5.41 Å². The summed E-state index contributed by atoms with van der Waals surface area (Å²) in [5.74, 6) is 0.0493. The number of rotatable bonds is 2. The lowest BCUT2D eigenvalue weighted by Crippen LogP contribution is -2.43. The number of hydrogen-bond donors (Lipinski definition) is 1. The first-order valence-electron chi connectivity index (χ1n) is 6.23. The molecule has 3 rings (SSSR count). The van der Waals surface area contributed by atoms with Gasteiger partial charge in [0.25, 0.3) is 0 Å². The minimum Gasteiger partial charge on any atom is -0.481 e. The van der Waals surface area contributed by atoms with Crippen LogP contribution in [0.1, 0.15) is 19.8 Å². The summed E-state index contributed by atoms with van der Waals surface area (Å²) < 4.78 is 1.81. The van der Waals surface area contributed by atoms with Crippen LogP contribution in [0.3, 0.4) is 0 Å². The molecule has 0 radical (unpaired) electrons. The van der Waals surface area contributed by atoms with Gasteiger partial charge in [-0.05, 0) is 19.8 Å². The van der Waals surface area contributed by atoms with Crippen LogP contribution in [0.5, 0.6) is 0 Å². The van der Waals surface area contributed by atoms with Crippen LogP contribution in [-0.4, -0.2) is 43.7 Å². The Balaban J connectivity index is 1.86. The van der Waals surface area contributed by atoms with Crippen molar-refractivity contribution in [3.05, 3.63) is 18.7 Å². The Kier molecular flexibility index (Phi) is 2.62. The van der Waals surface area contributed by atoms with Gasteiger partial charge in [-0.2, -0.15) is 0 Å². The van der Waals surface area contributed by atoms with E-state index in [1.54, 1.807) is 25.6 Å². The second kappa shape index (κ2) is 4.18. The van der Waals surface area contributed by atoms with Gasteiger partial charge in [-0.1, -0.05) is 0 Å².